The van der Waals surface area contributed by atoms with Crippen LogP contribution in [0.5, 0.6) is 5.75 Å². The SMILES string of the molecule is CCS(=O)(=O)CC(=O)c1cccc(Cn2c(C3(C)CC3)cc3cc(OC)c(Cl)cc32)n1. The number of hydrogen-bond donors (Lipinski definition) is 0. The van der Waals surface area contributed by atoms with Crippen LogP contribution in [0.2, 0.25) is 5.02 Å². The lowest BCUT2D eigenvalue weighted by Gasteiger charge is -2.16. The third kappa shape index (κ3) is 4.34. The van der Waals surface area contributed by atoms with Crippen LogP contribution in [0.15, 0.2) is 36.4 Å². The van der Waals surface area contributed by atoms with Crippen LogP contribution >= 0.6 is 11.6 Å². The Hall–Kier alpha value is -2.38. The van der Waals surface area contributed by atoms with Crippen LogP contribution in [0.4, 0.5) is 0 Å². The number of ketones is 1. The molecule has 2 heterocycles. The average molecular weight is 461 g/mol. The van der Waals surface area contributed by atoms with E-state index in [4.69, 9.17) is 16.3 Å². The number of Topliss-reactive ketones (excluding diaryl/α,β-unsaturated/α-hetero) is 1. The van der Waals surface area contributed by atoms with Gasteiger partial charge in [-0.05, 0) is 43.2 Å². The maximum absolute atomic E-state index is 12.5. The number of halogens is 1. The topological polar surface area (TPSA) is 78.3 Å². The molecule has 0 radical (unpaired) electrons. The molecule has 0 bridgehead atoms. The highest BCUT2D eigenvalue weighted by Gasteiger charge is 2.42. The molecule has 3 aromatic rings. The summed E-state index contributed by atoms with van der Waals surface area (Å²) in [4.78, 5) is 16.9. The number of carbonyl (C=O) groups is 1. The van der Waals surface area contributed by atoms with Gasteiger partial charge >= 0.3 is 0 Å². The van der Waals surface area contributed by atoms with Crippen molar-refractivity contribution >= 4 is 38.1 Å². The number of ether oxygens (including phenoxy) is 1. The summed E-state index contributed by atoms with van der Waals surface area (Å²) in [5.41, 5.74) is 3.13. The molecule has 0 N–H and O–H groups in total. The van der Waals surface area contributed by atoms with Crippen LogP contribution in [-0.2, 0) is 21.8 Å². The van der Waals surface area contributed by atoms with Gasteiger partial charge in [0.1, 0.15) is 17.2 Å². The van der Waals surface area contributed by atoms with Crippen LogP contribution in [0.1, 0.15) is 48.6 Å². The summed E-state index contributed by atoms with van der Waals surface area (Å²) in [5, 5.41) is 1.56. The maximum Gasteiger partial charge on any atom is 0.196 e. The molecular formula is C23H25ClN2O4S. The fraction of sp³-hybridized carbons (Fsp3) is 0.391. The Labute approximate surface area is 187 Å². The van der Waals surface area contributed by atoms with E-state index in [2.05, 4.69) is 22.5 Å². The molecule has 1 aliphatic carbocycles. The van der Waals surface area contributed by atoms with Crippen molar-refractivity contribution in [2.75, 3.05) is 18.6 Å². The van der Waals surface area contributed by atoms with E-state index >= 15 is 0 Å². The number of carbonyl (C=O) groups excluding carboxylic acids is 1. The number of pyridine rings is 1. The van der Waals surface area contributed by atoms with Gasteiger partial charge in [0.2, 0.25) is 0 Å². The zero-order valence-electron chi connectivity index (χ0n) is 17.8. The molecule has 1 saturated carbocycles. The number of aromatic nitrogens is 2. The first kappa shape index (κ1) is 21.8. The van der Waals surface area contributed by atoms with Gasteiger partial charge in [0.25, 0.3) is 0 Å². The molecule has 0 unspecified atom stereocenters. The molecule has 8 heteroatoms. The molecule has 0 amide bonds. The lowest BCUT2D eigenvalue weighted by atomic mass is 10.1. The summed E-state index contributed by atoms with van der Waals surface area (Å²) in [7, 11) is -1.81. The Balaban J connectivity index is 1.73. The molecule has 2 aromatic heterocycles. The number of benzene rings is 1. The van der Waals surface area contributed by atoms with Crippen molar-refractivity contribution in [3.63, 3.8) is 0 Å². The van der Waals surface area contributed by atoms with Crippen LogP contribution in [0.25, 0.3) is 10.9 Å². The molecular weight excluding hydrogens is 436 g/mol. The second kappa shape index (κ2) is 7.95. The molecule has 31 heavy (non-hydrogen) atoms. The number of fused-ring (bicyclic) bond motifs is 1. The summed E-state index contributed by atoms with van der Waals surface area (Å²) in [6, 6.07) is 11.2. The van der Waals surface area contributed by atoms with E-state index in [-0.39, 0.29) is 16.9 Å². The van der Waals surface area contributed by atoms with Crippen molar-refractivity contribution in [2.24, 2.45) is 0 Å². The van der Waals surface area contributed by atoms with Gasteiger partial charge < -0.3 is 9.30 Å². The Morgan fingerprint density at radius 3 is 2.65 bits per heavy atom. The summed E-state index contributed by atoms with van der Waals surface area (Å²) in [6.07, 6.45) is 2.21. The quantitative estimate of drug-likeness (QED) is 0.465. The first-order chi connectivity index (χ1) is 14.7. The van der Waals surface area contributed by atoms with Gasteiger partial charge in [0.15, 0.2) is 15.6 Å². The smallest absolute Gasteiger partial charge is 0.196 e. The zero-order chi connectivity index (χ0) is 22.4. The number of nitrogens with zero attached hydrogens (tertiary/aromatic N) is 2. The first-order valence-electron chi connectivity index (χ1n) is 10.2. The number of sulfone groups is 1. The predicted octanol–water partition coefficient (Wildman–Crippen LogP) is 4.42. The lowest BCUT2D eigenvalue weighted by Crippen LogP contribution is -2.19. The fourth-order valence-electron chi connectivity index (χ4n) is 3.79. The highest BCUT2D eigenvalue weighted by Crippen LogP contribution is 2.49. The molecule has 6 nitrogen and oxygen atoms in total. The minimum absolute atomic E-state index is 0.0695. The minimum Gasteiger partial charge on any atom is -0.495 e. The van der Waals surface area contributed by atoms with E-state index in [1.54, 1.807) is 19.2 Å². The van der Waals surface area contributed by atoms with Gasteiger partial charge in [0.05, 0.1) is 29.9 Å². The van der Waals surface area contributed by atoms with Crippen molar-refractivity contribution in [2.45, 2.75) is 38.6 Å². The summed E-state index contributed by atoms with van der Waals surface area (Å²) in [6.45, 7) is 4.22. The minimum atomic E-state index is -3.41. The van der Waals surface area contributed by atoms with Gasteiger partial charge in [0, 0.05) is 22.2 Å². The Morgan fingerprint density at radius 2 is 2.00 bits per heavy atom. The van der Waals surface area contributed by atoms with Crippen LogP contribution in [0.3, 0.4) is 0 Å². The van der Waals surface area contributed by atoms with Crippen LogP contribution in [0, 0.1) is 0 Å². The third-order valence-electron chi connectivity index (χ3n) is 6.00. The van der Waals surface area contributed by atoms with Gasteiger partial charge in [-0.15, -0.1) is 0 Å². The molecule has 1 fully saturated rings. The summed E-state index contributed by atoms with van der Waals surface area (Å²) in [5.74, 6) is -0.449. The third-order valence-corrected chi connectivity index (χ3v) is 7.87. The van der Waals surface area contributed by atoms with Crippen LogP contribution in [-0.4, -0.2) is 42.4 Å². The maximum atomic E-state index is 12.5. The summed E-state index contributed by atoms with van der Waals surface area (Å²) < 4.78 is 31.2. The van der Waals surface area contributed by atoms with E-state index in [1.807, 2.05) is 18.2 Å². The first-order valence-corrected chi connectivity index (χ1v) is 12.4. The van der Waals surface area contributed by atoms with E-state index < -0.39 is 21.4 Å². The molecule has 0 saturated heterocycles. The van der Waals surface area contributed by atoms with Gasteiger partial charge in [-0.25, -0.2) is 13.4 Å². The van der Waals surface area contributed by atoms with Crippen molar-refractivity contribution < 1.29 is 17.9 Å². The highest BCUT2D eigenvalue weighted by molar-refractivity contribution is 7.92. The second-order valence-corrected chi connectivity index (χ2v) is 11.1. The second-order valence-electron chi connectivity index (χ2n) is 8.34. The number of rotatable bonds is 8. The highest BCUT2D eigenvalue weighted by atomic mass is 35.5. The van der Waals surface area contributed by atoms with Gasteiger partial charge in [-0.3, -0.25) is 4.79 Å². The van der Waals surface area contributed by atoms with Crippen molar-refractivity contribution in [1.82, 2.24) is 9.55 Å². The fourth-order valence-corrected chi connectivity index (χ4v) is 4.78. The van der Waals surface area contributed by atoms with E-state index in [1.165, 1.54) is 12.6 Å². The molecule has 0 aliphatic heterocycles. The molecule has 164 valence electrons. The molecule has 0 atom stereocenters. The zero-order valence-corrected chi connectivity index (χ0v) is 19.4. The Kier molecular flexibility index (Phi) is 5.60. The average Bonchev–Trinajstić information content (AvgIpc) is 3.39. The van der Waals surface area contributed by atoms with Crippen LogP contribution < -0.4 is 4.74 Å². The number of methoxy groups -OCH3 is 1. The van der Waals surface area contributed by atoms with Crippen molar-refractivity contribution in [1.29, 1.82) is 0 Å². The predicted molar refractivity (Wildman–Crippen MR) is 122 cm³/mol. The molecule has 4 rings (SSSR count). The molecule has 1 aliphatic rings. The summed E-state index contributed by atoms with van der Waals surface area (Å²) >= 11 is 6.40. The van der Waals surface area contributed by atoms with Crippen molar-refractivity contribution in [3.8, 4) is 5.75 Å². The van der Waals surface area contributed by atoms with E-state index in [9.17, 15) is 13.2 Å². The molecule has 0 spiro atoms. The molecule has 1 aromatic carbocycles. The van der Waals surface area contributed by atoms with E-state index in [0.717, 1.165) is 23.7 Å². The monoisotopic (exact) mass is 460 g/mol. The Morgan fingerprint density at radius 1 is 1.26 bits per heavy atom. The van der Waals surface area contributed by atoms with Gasteiger partial charge in [-0.2, -0.15) is 0 Å². The van der Waals surface area contributed by atoms with Gasteiger partial charge in [-0.1, -0.05) is 31.5 Å². The number of hydrogen-bond acceptors (Lipinski definition) is 5. The normalized spacial score (nSPS) is 15.2. The lowest BCUT2D eigenvalue weighted by molar-refractivity contribution is 0.101. The standard InChI is InChI=1S/C23H25ClN2O4S/c1-4-31(28,29)14-20(27)18-7-5-6-16(25-18)13-26-19-12-17(24)21(30-3)10-15(19)11-22(26)23(2)8-9-23/h5-7,10-12H,4,8-9,13-14H2,1-3H3. The van der Waals surface area contributed by atoms with E-state index in [0.29, 0.717) is 23.0 Å². The van der Waals surface area contributed by atoms with Crippen molar-refractivity contribution in [3.05, 3.63) is 58.5 Å². The largest absolute Gasteiger partial charge is 0.495 e. The Bertz CT molecular complexity index is 1280.